The second kappa shape index (κ2) is 5.58. The van der Waals surface area contributed by atoms with Crippen LogP contribution in [-0.4, -0.2) is 6.54 Å². The van der Waals surface area contributed by atoms with Crippen molar-refractivity contribution in [2.24, 2.45) is 0 Å². The highest BCUT2D eigenvalue weighted by molar-refractivity contribution is 5.54. The van der Waals surface area contributed by atoms with E-state index >= 15 is 0 Å². The lowest BCUT2D eigenvalue weighted by Gasteiger charge is -1.94. The van der Waals surface area contributed by atoms with Crippen LogP contribution in [-0.2, 0) is 6.42 Å². The summed E-state index contributed by atoms with van der Waals surface area (Å²) in [4.78, 5) is 0. The van der Waals surface area contributed by atoms with Crippen LogP contribution in [0.15, 0.2) is 24.3 Å². The van der Waals surface area contributed by atoms with Crippen LogP contribution < -0.4 is 5.32 Å². The van der Waals surface area contributed by atoms with Crippen LogP contribution in [0.5, 0.6) is 0 Å². The Balaban J connectivity index is 0.000000378. The van der Waals surface area contributed by atoms with Gasteiger partial charge in [-0.25, -0.2) is 0 Å². The molecule has 0 aliphatic carbocycles. The van der Waals surface area contributed by atoms with Gasteiger partial charge in [0.2, 0.25) is 0 Å². The highest BCUT2D eigenvalue weighted by atomic mass is 19.0. The number of fused-ring (bicyclic) bond motifs is 1. The van der Waals surface area contributed by atoms with Gasteiger partial charge in [0.1, 0.15) is 0 Å². The molecule has 1 aromatic rings. The average molecular weight is 169 g/mol. The van der Waals surface area contributed by atoms with Gasteiger partial charge in [-0.1, -0.05) is 32.0 Å². The van der Waals surface area contributed by atoms with Crippen LogP contribution in [0.2, 0.25) is 0 Å². The van der Waals surface area contributed by atoms with Crippen molar-refractivity contribution in [3.63, 3.8) is 0 Å². The molecule has 0 bridgehead atoms. The Morgan fingerprint density at radius 2 is 1.83 bits per heavy atom. The third-order valence-electron chi connectivity index (χ3n) is 1.73. The van der Waals surface area contributed by atoms with Crippen molar-refractivity contribution in [3.8, 4) is 0 Å². The standard InChI is InChI=1S/C8H9N.C2H6.FH/c1-2-4-8-7(3-1)5-6-9-8;1-2;/h1-4,9H,5-6H2;1-2H3;1H. The summed E-state index contributed by atoms with van der Waals surface area (Å²) >= 11 is 0. The molecule has 0 saturated carbocycles. The lowest BCUT2D eigenvalue weighted by molar-refractivity contribution is 1.11. The monoisotopic (exact) mass is 169 g/mol. The molecule has 0 amide bonds. The van der Waals surface area contributed by atoms with Gasteiger partial charge < -0.3 is 5.32 Å². The SMILES string of the molecule is CC.F.c1ccc2c(c1)CCN2. The lowest BCUT2D eigenvalue weighted by Crippen LogP contribution is -1.90. The molecule has 0 saturated heterocycles. The summed E-state index contributed by atoms with van der Waals surface area (Å²) in [5, 5.41) is 3.30. The van der Waals surface area contributed by atoms with E-state index in [4.69, 9.17) is 0 Å². The first-order valence-corrected chi connectivity index (χ1v) is 4.28. The molecule has 1 nitrogen and oxygen atoms in total. The highest BCUT2D eigenvalue weighted by Gasteiger charge is 2.05. The summed E-state index contributed by atoms with van der Waals surface area (Å²) in [5.74, 6) is 0. The molecule has 12 heavy (non-hydrogen) atoms. The number of hydrogen-bond acceptors (Lipinski definition) is 1. The molecule has 68 valence electrons. The molecular formula is C10H16FN. The van der Waals surface area contributed by atoms with Crippen LogP contribution in [0.25, 0.3) is 0 Å². The Morgan fingerprint density at radius 1 is 1.17 bits per heavy atom. The fourth-order valence-electron chi connectivity index (χ4n) is 1.24. The summed E-state index contributed by atoms with van der Waals surface area (Å²) < 4.78 is 0. The zero-order valence-corrected chi connectivity index (χ0v) is 7.63. The normalized spacial score (nSPS) is 11.5. The maximum atomic E-state index is 3.30. The predicted octanol–water partition coefficient (Wildman–Crippen LogP) is 2.83. The Labute approximate surface area is 73.2 Å². The summed E-state index contributed by atoms with van der Waals surface area (Å²) in [7, 11) is 0. The number of hydrogen-bond donors (Lipinski definition) is 1. The van der Waals surface area contributed by atoms with Crippen molar-refractivity contribution in [2.45, 2.75) is 20.3 Å². The van der Waals surface area contributed by atoms with Gasteiger partial charge in [-0.2, -0.15) is 0 Å². The van der Waals surface area contributed by atoms with Crippen molar-refractivity contribution in [3.05, 3.63) is 29.8 Å². The highest BCUT2D eigenvalue weighted by Crippen LogP contribution is 2.19. The maximum Gasteiger partial charge on any atom is 0.0373 e. The quantitative estimate of drug-likeness (QED) is 0.629. The van der Waals surface area contributed by atoms with E-state index in [2.05, 4.69) is 29.6 Å². The van der Waals surface area contributed by atoms with Gasteiger partial charge in [0.25, 0.3) is 0 Å². The second-order valence-electron chi connectivity index (χ2n) is 2.33. The molecule has 1 heterocycles. The molecule has 1 N–H and O–H groups in total. The molecule has 1 aliphatic heterocycles. The Kier molecular flexibility index (Phi) is 5.09. The van der Waals surface area contributed by atoms with Crippen molar-refractivity contribution in [2.75, 3.05) is 11.9 Å². The third kappa shape index (κ3) is 2.22. The van der Waals surface area contributed by atoms with Gasteiger partial charge >= 0.3 is 0 Å². The molecule has 0 radical (unpaired) electrons. The largest absolute Gasteiger partial charge is 0.384 e. The van der Waals surface area contributed by atoms with Crippen LogP contribution >= 0.6 is 0 Å². The van der Waals surface area contributed by atoms with Gasteiger partial charge in [-0.05, 0) is 18.1 Å². The first kappa shape index (κ1) is 11.0. The molecule has 0 fully saturated rings. The molecule has 0 spiro atoms. The average Bonchev–Trinajstić information content (AvgIpc) is 2.55. The third-order valence-corrected chi connectivity index (χ3v) is 1.73. The molecule has 2 heteroatoms. The van der Waals surface area contributed by atoms with Gasteiger partial charge in [0.15, 0.2) is 0 Å². The molecular weight excluding hydrogens is 153 g/mol. The Hall–Kier alpha value is -1.05. The van der Waals surface area contributed by atoms with Gasteiger partial charge in [-0.15, -0.1) is 0 Å². The Morgan fingerprint density at radius 3 is 2.50 bits per heavy atom. The fourth-order valence-corrected chi connectivity index (χ4v) is 1.24. The molecule has 0 atom stereocenters. The minimum atomic E-state index is 0. The van der Waals surface area contributed by atoms with Crippen molar-refractivity contribution in [1.29, 1.82) is 0 Å². The number of anilines is 1. The van der Waals surface area contributed by atoms with Crippen LogP contribution in [0, 0.1) is 0 Å². The predicted molar refractivity (Wildman–Crippen MR) is 52.5 cm³/mol. The minimum absolute atomic E-state index is 0. The van der Waals surface area contributed by atoms with E-state index in [-0.39, 0.29) is 4.70 Å². The Bertz CT molecular complexity index is 200. The summed E-state index contributed by atoms with van der Waals surface area (Å²) in [5.41, 5.74) is 2.77. The number of halogens is 1. The van der Waals surface area contributed by atoms with Crippen molar-refractivity contribution in [1.82, 2.24) is 0 Å². The summed E-state index contributed by atoms with van der Waals surface area (Å²) in [6.45, 7) is 5.11. The topological polar surface area (TPSA) is 12.0 Å². The van der Waals surface area contributed by atoms with Gasteiger partial charge in [0.05, 0.1) is 0 Å². The first-order valence-electron chi connectivity index (χ1n) is 4.28. The van der Waals surface area contributed by atoms with E-state index in [9.17, 15) is 0 Å². The van der Waals surface area contributed by atoms with E-state index < -0.39 is 0 Å². The van der Waals surface area contributed by atoms with Gasteiger partial charge in [-0.3, -0.25) is 4.70 Å². The van der Waals surface area contributed by atoms with E-state index in [0.29, 0.717) is 0 Å². The zero-order valence-electron chi connectivity index (χ0n) is 7.63. The fraction of sp³-hybridized carbons (Fsp3) is 0.400. The minimum Gasteiger partial charge on any atom is -0.384 e. The number of para-hydroxylation sites is 1. The molecule has 0 aromatic heterocycles. The van der Waals surface area contributed by atoms with Gasteiger partial charge in [0, 0.05) is 12.2 Å². The second-order valence-corrected chi connectivity index (χ2v) is 2.33. The lowest BCUT2D eigenvalue weighted by atomic mass is 10.2. The zero-order chi connectivity index (χ0) is 8.10. The van der Waals surface area contributed by atoms with E-state index in [1.54, 1.807) is 0 Å². The molecule has 2 rings (SSSR count). The summed E-state index contributed by atoms with van der Waals surface area (Å²) in [6.07, 6.45) is 1.19. The van der Waals surface area contributed by atoms with Crippen LogP contribution in [0.1, 0.15) is 19.4 Å². The van der Waals surface area contributed by atoms with E-state index in [1.165, 1.54) is 17.7 Å². The molecule has 1 aromatic carbocycles. The van der Waals surface area contributed by atoms with Crippen molar-refractivity contribution < 1.29 is 4.70 Å². The number of rotatable bonds is 0. The van der Waals surface area contributed by atoms with Crippen molar-refractivity contribution >= 4 is 5.69 Å². The van der Waals surface area contributed by atoms with Crippen LogP contribution in [0.4, 0.5) is 10.4 Å². The van der Waals surface area contributed by atoms with E-state index in [1.807, 2.05) is 13.8 Å². The molecule has 1 aliphatic rings. The number of nitrogens with one attached hydrogen (secondary N) is 1. The molecule has 0 unspecified atom stereocenters. The maximum absolute atomic E-state index is 3.30. The first-order chi connectivity index (χ1) is 5.47. The van der Waals surface area contributed by atoms with Crippen LogP contribution in [0.3, 0.4) is 0 Å². The number of benzene rings is 1. The van der Waals surface area contributed by atoms with E-state index in [0.717, 1.165) is 6.54 Å². The summed E-state index contributed by atoms with van der Waals surface area (Å²) in [6, 6.07) is 8.46. The smallest absolute Gasteiger partial charge is 0.0373 e.